The van der Waals surface area contributed by atoms with E-state index in [1.165, 1.54) is 9.30 Å². The number of hydrogen-bond acceptors (Lipinski definition) is 6. The third kappa shape index (κ3) is 3.40. The summed E-state index contributed by atoms with van der Waals surface area (Å²) < 4.78 is 1.46. The van der Waals surface area contributed by atoms with Crippen LogP contribution in [0.3, 0.4) is 0 Å². The van der Waals surface area contributed by atoms with Gasteiger partial charge in [-0.15, -0.1) is 0 Å². The van der Waals surface area contributed by atoms with E-state index in [9.17, 15) is 19.2 Å². The standard InChI is InChI=1S/C25H31N5O4/c1-2-3-4-8-15-30-23(33)25(22(32)27-24(30)34)16-17-20(28-13-9-5-6-11-18(25)28)26-19-12-7-10-14-29(19)21(17)31/h7,10,12,14,18H,2-6,8-9,11,13,15-16H2,1H3,(H,27,32,34). The first-order valence-corrected chi connectivity index (χ1v) is 12.4. The van der Waals surface area contributed by atoms with Crippen LogP contribution < -0.4 is 15.8 Å². The van der Waals surface area contributed by atoms with Crippen molar-refractivity contribution in [3.8, 4) is 0 Å². The Hall–Kier alpha value is -3.23. The van der Waals surface area contributed by atoms with Gasteiger partial charge in [-0.25, -0.2) is 9.78 Å². The van der Waals surface area contributed by atoms with Crippen LogP contribution in [0.15, 0.2) is 29.2 Å². The molecule has 2 saturated heterocycles. The van der Waals surface area contributed by atoms with Crippen molar-refractivity contribution in [1.82, 2.24) is 19.6 Å². The maximum atomic E-state index is 14.0. The summed E-state index contributed by atoms with van der Waals surface area (Å²) in [6.45, 7) is 2.98. The Morgan fingerprint density at radius 2 is 1.94 bits per heavy atom. The van der Waals surface area contributed by atoms with Crippen LogP contribution in [0.2, 0.25) is 0 Å². The lowest BCUT2D eigenvalue weighted by molar-refractivity contribution is -0.153. The van der Waals surface area contributed by atoms with E-state index in [0.29, 0.717) is 36.4 Å². The smallest absolute Gasteiger partial charge is 0.330 e. The summed E-state index contributed by atoms with van der Waals surface area (Å²) in [6.07, 6.45) is 8.63. The van der Waals surface area contributed by atoms with E-state index in [4.69, 9.17) is 4.98 Å². The van der Waals surface area contributed by atoms with Gasteiger partial charge in [0.1, 0.15) is 11.5 Å². The van der Waals surface area contributed by atoms with E-state index in [-0.39, 0.29) is 18.5 Å². The Kier molecular flexibility index (Phi) is 5.87. The molecule has 2 fully saturated rings. The van der Waals surface area contributed by atoms with Gasteiger partial charge in [0.25, 0.3) is 5.56 Å². The van der Waals surface area contributed by atoms with Crippen molar-refractivity contribution in [2.45, 2.75) is 70.8 Å². The second-order valence-corrected chi connectivity index (χ2v) is 9.63. The van der Waals surface area contributed by atoms with E-state index in [1.54, 1.807) is 18.3 Å². The van der Waals surface area contributed by atoms with E-state index < -0.39 is 29.3 Å². The highest BCUT2D eigenvalue weighted by molar-refractivity contribution is 6.20. The average Bonchev–Trinajstić information content (AvgIpc) is 3.10. The van der Waals surface area contributed by atoms with E-state index in [2.05, 4.69) is 12.2 Å². The highest BCUT2D eigenvalue weighted by Crippen LogP contribution is 2.45. The molecule has 2 unspecified atom stereocenters. The van der Waals surface area contributed by atoms with Gasteiger partial charge in [0.15, 0.2) is 5.41 Å². The summed E-state index contributed by atoms with van der Waals surface area (Å²) in [5.41, 5.74) is -0.877. The fourth-order valence-electron chi connectivity index (χ4n) is 5.83. The molecule has 9 nitrogen and oxygen atoms in total. The minimum absolute atomic E-state index is 0.0451. The molecule has 0 radical (unpaired) electrons. The molecular weight excluding hydrogens is 434 g/mol. The first kappa shape index (κ1) is 22.6. The van der Waals surface area contributed by atoms with Gasteiger partial charge in [-0.1, -0.05) is 45.1 Å². The number of carbonyl (C=O) groups excluding carboxylic acids is 3. The van der Waals surface area contributed by atoms with Crippen molar-refractivity contribution in [2.24, 2.45) is 5.41 Å². The van der Waals surface area contributed by atoms with Crippen LogP contribution in [0.4, 0.5) is 10.6 Å². The third-order valence-electron chi connectivity index (χ3n) is 7.59. The van der Waals surface area contributed by atoms with Gasteiger partial charge in [-0.05, 0) is 31.4 Å². The van der Waals surface area contributed by atoms with Gasteiger partial charge in [0.2, 0.25) is 11.8 Å². The third-order valence-corrected chi connectivity index (χ3v) is 7.59. The molecule has 3 aliphatic rings. The predicted octanol–water partition coefficient (Wildman–Crippen LogP) is 2.64. The molecule has 0 aliphatic carbocycles. The number of nitrogens with one attached hydrogen (secondary N) is 1. The molecule has 0 saturated carbocycles. The molecule has 9 heteroatoms. The number of hydrogen-bond donors (Lipinski definition) is 1. The molecule has 1 N–H and O–H groups in total. The molecule has 0 bridgehead atoms. The second-order valence-electron chi connectivity index (χ2n) is 9.63. The summed E-state index contributed by atoms with van der Waals surface area (Å²) in [7, 11) is 0. The predicted molar refractivity (Wildman–Crippen MR) is 127 cm³/mol. The topological polar surface area (TPSA) is 104 Å². The minimum atomic E-state index is -1.51. The fourth-order valence-corrected chi connectivity index (χ4v) is 5.83. The Morgan fingerprint density at radius 1 is 1.09 bits per heavy atom. The summed E-state index contributed by atoms with van der Waals surface area (Å²) in [5.74, 6) is -0.494. The lowest BCUT2D eigenvalue weighted by Crippen LogP contribution is -2.72. The number of imide groups is 2. The number of carbonyl (C=O) groups is 3. The Morgan fingerprint density at radius 3 is 2.76 bits per heavy atom. The molecule has 2 aromatic heterocycles. The van der Waals surface area contributed by atoms with Crippen LogP contribution in [0, 0.1) is 5.41 Å². The number of amides is 4. The molecule has 0 aromatic carbocycles. The quantitative estimate of drug-likeness (QED) is 0.538. The molecule has 180 valence electrons. The molecule has 2 atom stereocenters. The van der Waals surface area contributed by atoms with Gasteiger partial charge in [-0.2, -0.15) is 0 Å². The van der Waals surface area contributed by atoms with Crippen molar-refractivity contribution in [3.63, 3.8) is 0 Å². The summed E-state index contributed by atoms with van der Waals surface area (Å²) in [6, 6.07) is 4.27. The molecule has 2 aromatic rings. The minimum Gasteiger partial charge on any atom is -0.352 e. The summed E-state index contributed by atoms with van der Waals surface area (Å²) in [4.78, 5) is 61.8. The van der Waals surface area contributed by atoms with Crippen LogP contribution in [0.5, 0.6) is 0 Å². The zero-order valence-electron chi connectivity index (χ0n) is 19.6. The van der Waals surface area contributed by atoms with Crippen molar-refractivity contribution in [2.75, 3.05) is 18.0 Å². The first-order chi connectivity index (χ1) is 16.5. The van der Waals surface area contributed by atoms with Gasteiger partial charge >= 0.3 is 6.03 Å². The molecular formula is C25H31N5O4. The first-order valence-electron chi connectivity index (χ1n) is 12.4. The number of pyridine rings is 1. The van der Waals surface area contributed by atoms with Gasteiger partial charge in [0, 0.05) is 25.7 Å². The number of unbranched alkanes of at least 4 members (excludes halogenated alkanes) is 3. The monoisotopic (exact) mass is 465 g/mol. The van der Waals surface area contributed by atoms with Crippen LogP contribution >= 0.6 is 0 Å². The maximum absolute atomic E-state index is 14.0. The van der Waals surface area contributed by atoms with Crippen LogP contribution in [-0.4, -0.2) is 51.3 Å². The molecule has 5 rings (SSSR count). The zero-order valence-corrected chi connectivity index (χ0v) is 19.6. The fraction of sp³-hybridized carbons (Fsp3) is 0.560. The molecule has 4 amide bonds. The van der Waals surface area contributed by atoms with Gasteiger partial charge < -0.3 is 4.90 Å². The molecule has 3 aliphatic heterocycles. The second kappa shape index (κ2) is 8.85. The van der Waals surface area contributed by atoms with Crippen molar-refractivity contribution in [3.05, 3.63) is 40.3 Å². The van der Waals surface area contributed by atoms with Crippen LogP contribution in [-0.2, 0) is 16.0 Å². The molecule has 1 spiro atoms. The van der Waals surface area contributed by atoms with Gasteiger partial charge in [-0.3, -0.25) is 29.0 Å². The van der Waals surface area contributed by atoms with Gasteiger partial charge in [0.05, 0.1) is 11.6 Å². The van der Waals surface area contributed by atoms with Crippen LogP contribution in [0.1, 0.15) is 63.9 Å². The number of rotatable bonds is 5. The van der Waals surface area contributed by atoms with E-state index in [0.717, 1.165) is 38.5 Å². The number of anilines is 1. The highest BCUT2D eigenvalue weighted by Gasteiger charge is 2.62. The molecule has 34 heavy (non-hydrogen) atoms. The number of barbiturate groups is 1. The normalized spacial score (nSPS) is 24.7. The Balaban J connectivity index is 1.63. The largest absolute Gasteiger partial charge is 0.352 e. The maximum Gasteiger partial charge on any atom is 0.330 e. The number of nitrogens with zero attached hydrogens (tertiary/aromatic N) is 4. The average molecular weight is 466 g/mol. The van der Waals surface area contributed by atoms with E-state index in [1.807, 2.05) is 11.0 Å². The Labute approximate surface area is 198 Å². The highest BCUT2D eigenvalue weighted by atomic mass is 16.2. The van der Waals surface area contributed by atoms with Crippen molar-refractivity contribution < 1.29 is 14.4 Å². The zero-order chi connectivity index (χ0) is 23.9. The lowest BCUT2D eigenvalue weighted by atomic mass is 9.68. The summed E-state index contributed by atoms with van der Waals surface area (Å²) >= 11 is 0. The van der Waals surface area contributed by atoms with E-state index >= 15 is 0 Å². The lowest BCUT2D eigenvalue weighted by Gasteiger charge is -2.50. The number of aromatic nitrogens is 2. The SMILES string of the molecule is CCCCCCN1C(=O)NC(=O)C2(Cc3c(nc4ccccn4c3=O)N3CCCCCC32)C1=O. The van der Waals surface area contributed by atoms with Crippen LogP contribution in [0.25, 0.3) is 5.65 Å². The number of urea groups is 1. The Bertz CT molecular complexity index is 1210. The summed E-state index contributed by atoms with van der Waals surface area (Å²) in [5, 5.41) is 2.47. The molecule has 5 heterocycles. The van der Waals surface area contributed by atoms with Crippen molar-refractivity contribution in [1.29, 1.82) is 0 Å². The van der Waals surface area contributed by atoms with Crippen molar-refractivity contribution >= 4 is 29.3 Å². The number of fused-ring (bicyclic) bond motifs is 5.